The van der Waals surface area contributed by atoms with Gasteiger partial charge in [-0.2, -0.15) is 0 Å². The SMILES string of the molecule is CN1CCC(C2c3ccccc3C=Cc3ccc(Br)cc32)CC1.O=C(O)C(O)C(O)C(=O)O. The van der Waals surface area contributed by atoms with Crippen LogP contribution in [0.25, 0.3) is 12.2 Å². The van der Waals surface area contributed by atoms with Gasteiger partial charge in [0.05, 0.1) is 0 Å². The number of likely N-dealkylation sites (tertiary alicyclic amines) is 1. The largest absolute Gasteiger partial charge is 0.479 e. The molecular formula is C25H28BrNO6. The number of benzene rings is 2. The number of rotatable bonds is 4. The topological polar surface area (TPSA) is 118 Å². The Kier molecular flexibility index (Phi) is 8.42. The van der Waals surface area contributed by atoms with E-state index in [1.165, 1.54) is 52.7 Å². The maximum Gasteiger partial charge on any atom is 0.335 e. The van der Waals surface area contributed by atoms with Crippen LogP contribution in [0.4, 0.5) is 0 Å². The Morgan fingerprint density at radius 1 is 0.909 bits per heavy atom. The van der Waals surface area contributed by atoms with Crippen molar-refractivity contribution < 1.29 is 30.0 Å². The van der Waals surface area contributed by atoms with Crippen molar-refractivity contribution in [3.05, 3.63) is 69.2 Å². The third kappa shape index (κ3) is 6.09. The first-order valence-electron chi connectivity index (χ1n) is 10.8. The summed E-state index contributed by atoms with van der Waals surface area (Å²) in [5.41, 5.74) is 5.72. The molecule has 176 valence electrons. The number of carbonyl (C=O) groups is 2. The summed E-state index contributed by atoms with van der Waals surface area (Å²) in [6.07, 6.45) is 2.60. The molecule has 2 aromatic rings. The summed E-state index contributed by atoms with van der Waals surface area (Å²) in [6, 6.07) is 15.7. The number of aliphatic hydroxyl groups is 2. The van der Waals surface area contributed by atoms with Gasteiger partial charge >= 0.3 is 11.9 Å². The van der Waals surface area contributed by atoms with E-state index < -0.39 is 24.1 Å². The number of halogens is 1. The monoisotopic (exact) mass is 517 g/mol. The lowest BCUT2D eigenvalue weighted by atomic mass is 9.74. The van der Waals surface area contributed by atoms with Crippen molar-refractivity contribution in [1.82, 2.24) is 4.90 Å². The van der Waals surface area contributed by atoms with Crippen LogP contribution in [0.5, 0.6) is 0 Å². The van der Waals surface area contributed by atoms with Gasteiger partial charge in [0.25, 0.3) is 0 Å². The van der Waals surface area contributed by atoms with Gasteiger partial charge < -0.3 is 25.3 Å². The molecule has 7 nitrogen and oxygen atoms in total. The van der Waals surface area contributed by atoms with E-state index in [4.69, 9.17) is 20.4 Å². The highest BCUT2D eigenvalue weighted by Gasteiger charge is 2.31. The van der Waals surface area contributed by atoms with Crippen molar-refractivity contribution in [1.29, 1.82) is 0 Å². The average molecular weight is 518 g/mol. The van der Waals surface area contributed by atoms with Crippen molar-refractivity contribution >= 4 is 40.0 Å². The maximum atomic E-state index is 9.77. The van der Waals surface area contributed by atoms with E-state index in [-0.39, 0.29) is 0 Å². The maximum absolute atomic E-state index is 9.77. The average Bonchev–Trinajstić information content (AvgIpc) is 2.95. The van der Waals surface area contributed by atoms with Crippen LogP contribution in [0.15, 0.2) is 46.9 Å². The molecule has 2 aromatic carbocycles. The van der Waals surface area contributed by atoms with E-state index >= 15 is 0 Å². The highest BCUT2D eigenvalue weighted by atomic mass is 79.9. The van der Waals surface area contributed by atoms with E-state index in [9.17, 15) is 9.59 Å². The minimum absolute atomic E-state index is 0.502. The van der Waals surface area contributed by atoms with Crippen molar-refractivity contribution in [2.24, 2.45) is 5.92 Å². The van der Waals surface area contributed by atoms with Gasteiger partial charge in [-0.15, -0.1) is 0 Å². The van der Waals surface area contributed by atoms with Crippen molar-refractivity contribution in [2.75, 3.05) is 20.1 Å². The van der Waals surface area contributed by atoms with Crippen LogP contribution in [0.2, 0.25) is 0 Å². The summed E-state index contributed by atoms with van der Waals surface area (Å²) in [6.45, 7) is 2.42. The van der Waals surface area contributed by atoms with Gasteiger partial charge in [-0.05, 0) is 73.3 Å². The molecule has 33 heavy (non-hydrogen) atoms. The quantitative estimate of drug-likeness (QED) is 0.491. The molecule has 4 rings (SSSR count). The Bertz CT molecular complexity index is 1010. The van der Waals surface area contributed by atoms with Crippen LogP contribution in [0.1, 0.15) is 41.0 Å². The summed E-state index contributed by atoms with van der Waals surface area (Å²) in [4.78, 5) is 22.0. The van der Waals surface area contributed by atoms with Crippen molar-refractivity contribution in [3.63, 3.8) is 0 Å². The minimum Gasteiger partial charge on any atom is -0.479 e. The predicted molar refractivity (Wildman–Crippen MR) is 129 cm³/mol. The first-order chi connectivity index (χ1) is 15.7. The lowest BCUT2D eigenvalue weighted by Gasteiger charge is -2.35. The number of piperidine rings is 1. The highest BCUT2D eigenvalue weighted by Crippen LogP contribution is 2.43. The fraction of sp³-hybridized carbons (Fsp3) is 0.360. The molecule has 0 aromatic heterocycles. The molecule has 1 aliphatic heterocycles. The standard InChI is InChI=1S/C21H22BrN.C4H6O6/c1-23-12-10-17(11-13-23)21-19-5-3-2-4-15(19)6-7-16-8-9-18(22)14-20(16)21;5-1(3(7)8)2(6)4(9)10/h2-9,14,17,21H,10-13H2,1H3;1-2,5-6H,(H,7,8)(H,9,10). The Hall–Kier alpha value is -2.52. The summed E-state index contributed by atoms with van der Waals surface area (Å²) in [5, 5.41) is 32.5. The van der Waals surface area contributed by atoms with Gasteiger partial charge in [-0.1, -0.05) is 58.4 Å². The Morgan fingerprint density at radius 2 is 1.45 bits per heavy atom. The second-order valence-corrected chi connectivity index (χ2v) is 9.34. The molecule has 0 saturated carbocycles. The van der Waals surface area contributed by atoms with Crippen LogP contribution in [0.3, 0.4) is 0 Å². The molecule has 1 fully saturated rings. The number of carboxylic acid groups (broad SMARTS) is 2. The van der Waals surface area contributed by atoms with Gasteiger partial charge in [0.2, 0.25) is 0 Å². The lowest BCUT2D eigenvalue weighted by Crippen LogP contribution is -2.39. The van der Waals surface area contributed by atoms with Crippen LogP contribution in [0, 0.1) is 5.92 Å². The molecule has 3 unspecified atom stereocenters. The van der Waals surface area contributed by atoms with E-state index in [1.807, 2.05) is 0 Å². The molecule has 0 spiro atoms. The number of aliphatic carboxylic acids is 2. The number of aliphatic hydroxyl groups excluding tert-OH is 2. The van der Waals surface area contributed by atoms with E-state index in [1.54, 1.807) is 0 Å². The first-order valence-corrected chi connectivity index (χ1v) is 11.5. The van der Waals surface area contributed by atoms with Crippen LogP contribution in [-0.4, -0.2) is 69.6 Å². The summed E-state index contributed by atoms with van der Waals surface area (Å²) in [5.74, 6) is -2.31. The zero-order chi connectivity index (χ0) is 24.1. The number of nitrogens with zero attached hydrogens (tertiary/aromatic N) is 1. The van der Waals surface area contributed by atoms with Crippen molar-refractivity contribution in [2.45, 2.75) is 31.0 Å². The Labute approximate surface area is 201 Å². The van der Waals surface area contributed by atoms with Gasteiger partial charge in [-0.3, -0.25) is 0 Å². The zero-order valence-electron chi connectivity index (χ0n) is 18.3. The molecule has 0 radical (unpaired) electrons. The molecule has 1 saturated heterocycles. The number of hydrogen-bond donors (Lipinski definition) is 4. The van der Waals surface area contributed by atoms with E-state index in [2.05, 4.69) is 82.5 Å². The second kappa shape index (κ2) is 11.1. The van der Waals surface area contributed by atoms with E-state index in [0.717, 1.165) is 5.92 Å². The Morgan fingerprint density at radius 3 is 2.03 bits per heavy atom. The number of hydrogen-bond acceptors (Lipinski definition) is 5. The summed E-state index contributed by atoms with van der Waals surface area (Å²) < 4.78 is 1.18. The fourth-order valence-electron chi connectivity index (χ4n) is 4.40. The number of fused-ring (bicyclic) bond motifs is 2. The fourth-order valence-corrected chi connectivity index (χ4v) is 4.78. The molecular weight excluding hydrogens is 490 g/mol. The van der Waals surface area contributed by atoms with E-state index in [0.29, 0.717) is 5.92 Å². The Balaban J connectivity index is 0.000000262. The van der Waals surface area contributed by atoms with Gasteiger partial charge in [0.15, 0.2) is 12.2 Å². The van der Waals surface area contributed by atoms with Gasteiger partial charge in [0, 0.05) is 10.4 Å². The van der Waals surface area contributed by atoms with Gasteiger partial charge in [0.1, 0.15) is 0 Å². The zero-order valence-corrected chi connectivity index (χ0v) is 19.9. The lowest BCUT2D eigenvalue weighted by molar-refractivity contribution is -0.165. The number of carboxylic acids is 2. The smallest absolute Gasteiger partial charge is 0.335 e. The summed E-state index contributed by atoms with van der Waals surface area (Å²) >= 11 is 3.68. The predicted octanol–water partition coefficient (Wildman–Crippen LogP) is 3.28. The van der Waals surface area contributed by atoms with Crippen LogP contribution in [-0.2, 0) is 9.59 Å². The first kappa shape index (κ1) is 25.1. The molecule has 4 N–H and O–H groups in total. The molecule has 3 atom stereocenters. The van der Waals surface area contributed by atoms with Crippen molar-refractivity contribution in [3.8, 4) is 0 Å². The molecule has 2 aliphatic rings. The molecule has 8 heteroatoms. The van der Waals surface area contributed by atoms with Crippen LogP contribution < -0.4 is 0 Å². The minimum atomic E-state index is -2.27. The van der Waals surface area contributed by atoms with Gasteiger partial charge in [-0.25, -0.2) is 9.59 Å². The third-order valence-corrected chi connectivity index (χ3v) is 6.69. The summed E-state index contributed by atoms with van der Waals surface area (Å²) in [7, 11) is 2.24. The molecule has 1 heterocycles. The normalized spacial score (nSPS) is 19.8. The molecule has 0 bridgehead atoms. The van der Waals surface area contributed by atoms with Crippen LogP contribution >= 0.6 is 15.9 Å². The third-order valence-electron chi connectivity index (χ3n) is 6.20. The molecule has 0 amide bonds. The molecule has 1 aliphatic carbocycles. The highest BCUT2D eigenvalue weighted by molar-refractivity contribution is 9.10. The second-order valence-electron chi connectivity index (χ2n) is 8.42.